The Morgan fingerprint density at radius 2 is 1.57 bits per heavy atom. The van der Waals surface area contributed by atoms with E-state index in [1.54, 1.807) is 12.1 Å². The van der Waals surface area contributed by atoms with Gasteiger partial charge < -0.3 is 4.42 Å². The van der Waals surface area contributed by atoms with E-state index in [-0.39, 0.29) is 34.0 Å². The molecule has 0 spiro atoms. The molecule has 3 aromatic rings. The molecule has 6 heteroatoms. The maximum absolute atomic E-state index is 13.8. The van der Waals surface area contributed by atoms with Gasteiger partial charge in [-0.05, 0) is 12.1 Å². The lowest BCUT2D eigenvalue weighted by atomic mass is 9.91. The van der Waals surface area contributed by atoms with Gasteiger partial charge in [0.2, 0.25) is 23.2 Å². The van der Waals surface area contributed by atoms with E-state index in [4.69, 9.17) is 4.42 Å². The highest BCUT2D eigenvalue weighted by Gasteiger charge is 2.35. The summed E-state index contributed by atoms with van der Waals surface area (Å²) in [4.78, 5) is 28.7. The van der Waals surface area contributed by atoms with Crippen LogP contribution >= 0.6 is 0 Å². The van der Waals surface area contributed by atoms with E-state index in [2.05, 4.69) is 4.98 Å². The molecule has 1 heterocycles. The Morgan fingerprint density at radius 1 is 0.870 bits per heavy atom. The third-order valence-electron chi connectivity index (χ3n) is 3.63. The van der Waals surface area contributed by atoms with Crippen molar-refractivity contribution in [2.75, 3.05) is 0 Å². The minimum atomic E-state index is -0.888. The molecule has 112 valence electrons. The predicted molar refractivity (Wildman–Crippen MR) is 75.2 cm³/mol. The summed E-state index contributed by atoms with van der Waals surface area (Å²) in [6, 6.07) is 9.16. The number of halogens is 2. The lowest BCUT2D eigenvalue weighted by Gasteiger charge is -2.10. The maximum Gasteiger partial charge on any atom is 0.231 e. The van der Waals surface area contributed by atoms with Crippen molar-refractivity contribution in [3.8, 4) is 11.5 Å². The highest BCUT2D eigenvalue weighted by atomic mass is 19.1. The molecule has 0 atom stereocenters. The van der Waals surface area contributed by atoms with Crippen LogP contribution in [0.4, 0.5) is 8.78 Å². The Balaban J connectivity index is 1.90. The minimum Gasteiger partial charge on any atom is -0.432 e. The molecule has 1 aliphatic carbocycles. The molecule has 0 N–H and O–H groups in total. The van der Waals surface area contributed by atoms with Gasteiger partial charge in [-0.1, -0.05) is 24.3 Å². The molecule has 0 saturated heterocycles. The third kappa shape index (κ3) is 1.92. The van der Waals surface area contributed by atoms with Gasteiger partial charge in [0.15, 0.2) is 5.69 Å². The number of oxazole rings is 1. The number of carbonyl (C=O) groups excluding carboxylic acids is 2. The molecule has 1 aromatic heterocycles. The number of aromatic nitrogens is 1. The van der Waals surface area contributed by atoms with E-state index in [1.807, 2.05) is 0 Å². The summed E-state index contributed by atoms with van der Waals surface area (Å²) in [7, 11) is 0. The zero-order chi connectivity index (χ0) is 16.1. The quantitative estimate of drug-likeness (QED) is 0.540. The van der Waals surface area contributed by atoms with Crippen LogP contribution in [-0.4, -0.2) is 16.6 Å². The molecular weight excluding hydrogens is 304 g/mol. The second-order valence-electron chi connectivity index (χ2n) is 5.02. The van der Waals surface area contributed by atoms with Crippen LogP contribution in [0.2, 0.25) is 0 Å². The van der Waals surface area contributed by atoms with Crippen LogP contribution in [0.5, 0.6) is 0 Å². The van der Waals surface area contributed by atoms with E-state index in [0.29, 0.717) is 6.07 Å². The van der Waals surface area contributed by atoms with Crippen molar-refractivity contribution in [2.24, 2.45) is 0 Å². The molecule has 0 saturated carbocycles. The van der Waals surface area contributed by atoms with Gasteiger partial charge >= 0.3 is 0 Å². The Hall–Kier alpha value is -3.15. The van der Waals surface area contributed by atoms with Gasteiger partial charge in [-0.3, -0.25) is 9.59 Å². The molecule has 0 radical (unpaired) electrons. The minimum absolute atomic E-state index is 0.120. The fraction of sp³-hybridized carbons (Fsp3) is 0. The van der Waals surface area contributed by atoms with Crippen molar-refractivity contribution in [3.05, 3.63) is 76.7 Å². The summed E-state index contributed by atoms with van der Waals surface area (Å²) in [6.07, 6.45) is 0. The lowest BCUT2D eigenvalue weighted by molar-refractivity contribution is 0.0959. The number of hydrogen-bond acceptors (Lipinski definition) is 4. The Labute approximate surface area is 128 Å². The Kier molecular flexibility index (Phi) is 2.74. The third-order valence-corrected chi connectivity index (χ3v) is 3.63. The first-order chi connectivity index (χ1) is 11.1. The molecule has 2 aromatic carbocycles. The SMILES string of the molecule is O=C1c2ccccc2C(=O)c2oc(-c3ccc(F)cc3F)nc21. The Morgan fingerprint density at radius 3 is 2.26 bits per heavy atom. The molecule has 0 fully saturated rings. The van der Waals surface area contributed by atoms with Gasteiger partial charge in [-0.2, -0.15) is 0 Å². The van der Waals surface area contributed by atoms with Crippen LogP contribution in [0.3, 0.4) is 0 Å². The fourth-order valence-corrected chi connectivity index (χ4v) is 2.54. The van der Waals surface area contributed by atoms with Crippen LogP contribution in [0.15, 0.2) is 46.9 Å². The lowest BCUT2D eigenvalue weighted by Crippen LogP contribution is -2.19. The van der Waals surface area contributed by atoms with Crippen LogP contribution < -0.4 is 0 Å². The number of hydrogen-bond donors (Lipinski definition) is 0. The topological polar surface area (TPSA) is 60.2 Å². The molecule has 0 bridgehead atoms. The highest BCUT2D eigenvalue weighted by molar-refractivity contribution is 6.26. The van der Waals surface area contributed by atoms with Gasteiger partial charge in [0.25, 0.3) is 0 Å². The van der Waals surface area contributed by atoms with Crippen molar-refractivity contribution in [1.82, 2.24) is 4.98 Å². The zero-order valence-corrected chi connectivity index (χ0v) is 11.5. The Bertz CT molecular complexity index is 939. The fourth-order valence-electron chi connectivity index (χ4n) is 2.54. The van der Waals surface area contributed by atoms with Crippen molar-refractivity contribution >= 4 is 11.6 Å². The smallest absolute Gasteiger partial charge is 0.231 e. The van der Waals surface area contributed by atoms with E-state index in [9.17, 15) is 18.4 Å². The summed E-state index contributed by atoms with van der Waals surface area (Å²) in [5.41, 5.74) is 0.162. The van der Waals surface area contributed by atoms with Crippen molar-refractivity contribution < 1.29 is 22.8 Å². The average Bonchev–Trinajstić information content (AvgIpc) is 2.98. The van der Waals surface area contributed by atoms with Crippen molar-refractivity contribution in [3.63, 3.8) is 0 Å². The highest BCUT2D eigenvalue weighted by Crippen LogP contribution is 2.31. The second kappa shape index (κ2) is 4.67. The molecular formula is C17H7F2NO3. The van der Waals surface area contributed by atoms with Crippen LogP contribution in [0.25, 0.3) is 11.5 Å². The molecule has 1 aliphatic rings. The van der Waals surface area contributed by atoms with Crippen molar-refractivity contribution in [2.45, 2.75) is 0 Å². The van der Waals surface area contributed by atoms with Gasteiger partial charge in [0.1, 0.15) is 11.6 Å². The summed E-state index contributed by atoms with van der Waals surface area (Å²) in [5, 5.41) is 0. The van der Waals surface area contributed by atoms with Gasteiger partial charge in [0.05, 0.1) is 5.56 Å². The number of fused-ring (bicyclic) bond motifs is 2. The molecule has 0 unspecified atom stereocenters. The number of carbonyl (C=O) groups is 2. The van der Waals surface area contributed by atoms with Crippen LogP contribution in [-0.2, 0) is 0 Å². The average molecular weight is 311 g/mol. The molecule has 0 aliphatic heterocycles. The maximum atomic E-state index is 13.8. The predicted octanol–water partition coefficient (Wildman–Crippen LogP) is 3.40. The summed E-state index contributed by atoms with van der Waals surface area (Å²) < 4.78 is 32.2. The molecule has 4 nitrogen and oxygen atoms in total. The molecule has 4 rings (SSSR count). The van der Waals surface area contributed by atoms with E-state index in [0.717, 1.165) is 12.1 Å². The van der Waals surface area contributed by atoms with E-state index < -0.39 is 23.2 Å². The summed E-state index contributed by atoms with van der Waals surface area (Å²) >= 11 is 0. The van der Waals surface area contributed by atoms with Gasteiger partial charge in [0, 0.05) is 17.2 Å². The van der Waals surface area contributed by atoms with Crippen molar-refractivity contribution in [1.29, 1.82) is 0 Å². The van der Waals surface area contributed by atoms with E-state index in [1.165, 1.54) is 12.1 Å². The van der Waals surface area contributed by atoms with E-state index >= 15 is 0 Å². The van der Waals surface area contributed by atoms with Gasteiger partial charge in [-0.15, -0.1) is 0 Å². The first-order valence-corrected chi connectivity index (χ1v) is 6.71. The molecule has 23 heavy (non-hydrogen) atoms. The normalized spacial score (nSPS) is 13.0. The number of benzene rings is 2. The van der Waals surface area contributed by atoms with Crippen LogP contribution in [0, 0.1) is 11.6 Å². The monoisotopic (exact) mass is 311 g/mol. The van der Waals surface area contributed by atoms with Crippen LogP contribution in [0.1, 0.15) is 32.2 Å². The first kappa shape index (κ1) is 13.5. The number of ketones is 2. The zero-order valence-electron chi connectivity index (χ0n) is 11.5. The largest absolute Gasteiger partial charge is 0.432 e. The number of nitrogens with zero attached hydrogens (tertiary/aromatic N) is 1. The summed E-state index contributed by atoms with van der Waals surface area (Å²) in [5.74, 6) is -3.05. The van der Waals surface area contributed by atoms with Gasteiger partial charge in [-0.25, -0.2) is 13.8 Å². The second-order valence-corrected chi connectivity index (χ2v) is 5.02. The number of rotatable bonds is 1. The first-order valence-electron chi connectivity index (χ1n) is 6.71. The molecule has 0 amide bonds. The standard InChI is InChI=1S/C17H7F2NO3/c18-8-5-6-11(12(19)7-8)17-20-13-14(21)9-3-1-2-4-10(9)15(22)16(13)23-17/h1-7H. The summed E-state index contributed by atoms with van der Waals surface area (Å²) in [6.45, 7) is 0.